The Morgan fingerprint density at radius 1 is 1.69 bits per heavy atom. The third kappa shape index (κ3) is 3.04. The molecule has 9 heteroatoms. The molecule has 16 heavy (non-hydrogen) atoms. The van der Waals surface area contributed by atoms with Crippen LogP contribution in [0.15, 0.2) is 23.8 Å². The lowest BCUT2D eigenvalue weighted by atomic mass is 10.7. The van der Waals surface area contributed by atoms with Crippen LogP contribution in [0.1, 0.15) is 0 Å². The first kappa shape index (κ1) is 11.6. The predicted octanol–water partition coefficient (Wildman–Crippen LogP) is -0.450. The standard InChI is InChI=1S/C4H7N3O.C3H3N3O2/c1-5-7-3-2-6-4(7)8;7-6(8)5-2-1-4-3-5/h1-3H2,(H,6,8);1-3H. The number of nitrogens with one attached hydrogen (secondary N) is 1. The number of imidazole rings is 1. The van der Waals surface area contributed by atoms with Crippen LogP contribution in [0.2, 0.25) is 0 Å². The average molecular weight is 226 g/mol. The third-order valence-corrected chi connectivity index (χ3v) is 1.68. The van der Waals surface area contributed by atoms with Gasteiger partial charge in [0.1, 0.15) is 0 Å². The number of rotatable bonds is 2. The molecule has 0 radical (unpaired) electrons. The number of urea groups is 1. The van der Waals surface area contributed by atoms with E-state index in [9.17, 15) is 14.9 Å². The molecule has 0 atom stereocenters. The Labute approximate surface area is 90.5 Å². The molecule has 9 nitrogen and oxygen atoms in total. The van der Waals surface area contributed by atoms with Gasteiger partial charge < -0.3 is 5.32 Å². The van der Waals surface area contributed by atoms with Gasteiger partial charge >= 0.3 is 6.03 Å². The summed E-state index contributed by atoms with van der Waals surface area (Å²) in [5.41, 5.74) is 0. The van der Waals surface area contributed by atoms with Gasteiger partial charge in [0.25, 0.3) is 0 Å². The summed E-state index contributed by atoms with van der Waals surface area (Å²) in [4.78, 5) is 23.7. The summed E-state index contributed by atoms with van der Waals surface area (Å²) in [5, 5.41) is 16.5. The van der Waals surface area contributed by atoms with Crippen LogP contribution in [0.3, 0.4) is 0 Å². The number of nitrogens with zero attached hydrogens (tertiary/aromatic N) is 5. The summed E-state index contributed by atoms with van der Waals surface area (Å²) in [6, 6.07) is -0.153. The largest absolute Gasteiger partial charge is 0.337 e. The Morgan fingerprint density at radius 2 is 2.44 bits per heavy atom. The Morgan fingerprint density at radius 3 is 2.69 bits per heavy atom. The highest BCUT2D eigenvalue weighted by atomic mass is 16.7. The van der Waals surface area contributed by atoms with E-state index in [-0.39, 0.29) is 6.03 Å². The summed E-state index contributed by atoms with van der Waals surface area (Å²) >= 11 is 0. The molecule has 1 aromatic rings. The molecular formula is C7H10N6O3. The first-order valence-corrected chi connectivity index (χ1v) is 4.30. The highest BCUT2D eigenvalue weighted by Gasteiger charge is 2.16. The van der Waals surface area contributed by atoms with Crippen molar-refractivity contribution in [1.29, 1.82) is 0 Å². The van der Waals surface area contributed by atoms with Crippen molar-refractivity contribution in [3.8, 4) is 0 Å². The smallest absolute Gasteiger partial charge is 0.335 e. The normalized spacial score (nSPS) is 13.8. The maximum Gasteiger partial charge on any atom is 0.337 e. The molecule has 0 aliphatic carbocycles. The van der Waals surface area contributed by atoms with Gasteiger partial charge in [-0.3, -0.25) is 0 Å². The predicted molar refractivity (Wildman–Crippen MR) is 54.3 cm³/mol. The van der Waals surface area contributed by atoms with Crippen LogP contribution in [0.25, 0.3) is 0 Å². The summed E-state index contributed by atoms with van der Waals surface area (Å²) in [6.45, 7) is 4.53. The fraction of sp³-hybridized carbons (Fsp3) is 0.286. The van der Waals surface area contributed by atoms with E-state index in [0.717, 1.165) is 11.0 Å². The summed E-state index contributed by atoms with van der Waals surface area (Å²) in [6.07, 6.45) is 3.74. The molecule has 1 saturated heterocycles. The topological polar surface area (TPSA) is 106 Å². The van der Waals surface area contributed by atoms with E-state index in [1.54, 1.807) is 0 Å². The lowest BCUT2D eigenvalue weighted by Crippen LogP contribution is -2.22. The number of carbonyl (C=O) groups excluding carboxylic acids is 1. The number of aromatic nitrogens is 2. The Balaban J connectivity index is 0.000000160. The lowest BCUT2D eigenvalue weighted by molar-refractivity contribution is -0.542. The second-order valence-corrected chi connectivity index (χ2v) is 2.68. The first-order chi connectivity index (χ1) is 7.65. The van der Waals surface area contributed by atoms with Crippen molar-refractivity contribution >= 4 is 12.7 Å². The molecule has 1 fully saturated rings. The van der Waals surface area contributed by atoms with Crippen LogP contribution in [-0.4, -0.2) is 45.5 Å². The molecule has 0 saturated carbocycles. The lowest BCUT2D eigenvalue weighted by Gasteiger charge is -2.01. The summed E-state index contributed by atoms with van der Waals surface area (Å²) in [5.74, 6) is 0. The molecule has 0 aromatic carbocycles. The van der Waals surface area contributed by atoms with E-state index in [0.29, 0.717) is 13.1 Å². The number of amides is 2. The maximum absolute atomic E-state index is 10.5. The number of hydrogen-bond acceptors (Lipinski definition) is 5. The number of carbonyl (C=O) groups is 1. The monoisotopic (exact) mass is 226 g/mol. The van der Waals surface area contributed by atoms with Gasteiger partial charge in [-0.2, -0.15) is 5.10 Å². The van der Waals surface area contributed by atoms with Gasteiger partial charge in [0, 0.05) is 13.3 Å². The van der Waals surface area contributed by atoms with Crippen molar-refractivity contribution < 1.29 is 9.83 Å². The zero-order valence-electron chi connectivity index (χ0n) is 8.31. The molecule has 2 heterocycles. The fourth-order valence-electron chi connectivity index (χ4n) is 0.945. The van der Waals surface area contributed by atoms with Crippen LogP contribution < -0.4 is 5.32 Å². The molecule has 1 N–H and O–H groups in total. The van der Waals surface area contributed by atoms with Crippen molar-refractivity contribution in [1.82, 2.24) is 20.0 Å². The highest BCUT2D eigenvalue weighted by Crippen LogP contribution is 1.93. The van der Waals surface area contributed by atoms with Gasteiger partial charge in [-0.05, 0) is 0 Å². The molecular weight excluding hydrogens is 216 g/mol. The van der Waals surface area contributed by atoms with E-state index >= 15 is 0 Å². The Hall–Kier alpha value is -2.45. The SMILES string of the molecule is C=NN1CCNC1=O.O=[N+]([O-])n1ccnc1. The van der Waals surface area contributed by atoms with Crippen molar-refractivity contribution in [2.75, 3.05) is 13.1 Å². The molecule has 0 spiro atoms. The summed E-state index contributed by atoms with van der Waals surface area (Å²) < 4.78 is 0.778. The zero-order chi connectivity index (χ0) is 12.0. The minimum atomic E-state index is -0.562. The van der Waals surface area contributed by atoms with E-state index in [4.69, 9.17) is 0 Å². The number of hydrogen-bond donors (Lipinski definition) is 1. The minimum Gasteiger partial charge on any atom is -0.335 e. The molecule has 2 rings (SSSR count). The van der Waals surface area contributed by atoms with E-state index < -0.39 is 5.03 Å². The van der Waals surface area contributed by atoms with Gasteiger partial charge in [-0.25, -0.2) is 24.9 Å². The minimum absolute atomic E-state index is 0.153. The van der Waals surface area contributed by atoms with Crippen LogP contribution in [-0.2, 0) is 0 Å². The first-order valence-electron chi connectivity index (χ1n) is 4.30. The quantitative estimate of drug-likeness (QED) is 0.418. The fourth-order valence-corrected chi connectivity index (χ4v) is 0.945. The average Bonchev–Trinajstić information content (AvgIpc) is 2.88. The maximum atomic E-state index is 10.5. The van der Waals surface area contributed by atoms with Crippen molar-refractivity contribution in [2.45, 2.75) is 0 Å². The van der Waals surface area contributed by atoms with Gasteiger partial charge in [0.15, 0.2) is 11.4 Å². The Kier molecular flexibility index (Phi) is 3.95. The van der Waals surface area contributed by atoms with E-state index in [1.807, 2.05) is 0 Å². The summed E-state index contributed by atoms with van der Waals surface area (Å²) in [7, 11) is 0. The Bertz CT molecular complexity index is 375. The van der Waals surface area contributed by atoms with Gasteiger partial charge in [0.2, 0.25) is 0 Å². The molecule has 1 aliphatic heterocycles. The van der Waals surface area contributed by atoms with Crippen LogP contribution in [0, 0.1) is 10.1 Å². The second-order valence-electron chi connectivity index (χ2n) is 2.68. The van der Waals surface area contributed by atoms with Gasteiger partial charge in [0.05, 0.1) is 18.9 Å². The van der Waals surface area contributed by atoms with Crippen molar-refractivity contribution in [2.24, 2.45) is 5.10 Å². The van der Waals surface area contributed by atoms with E-state index in [1.165, 1.54) is 17.4 Å². The molecule has 0 bridgehead atoms. The molecule has 0 unspecified atom stereocenters. The zero-order valence-corrected chi connectivity index (χ0v) is 8.31. The second kappa shape index (κ2) is 5.44. The van der Waals surface area contributed by atoms with Crippen LogP contribution in [0.5, 0.6) is 0 Å². The van der Waals surface area contributed by atoms with Crippen LogP contribution in [0.4, 0.5) is 4.79 Å². The van der Waals surface area contributed by atoms with Crippen molar-refractivity contribution in [3.05, 3.63) is 28.8 Å². The molecule has 2 amide bonds. The molecule has 86 valence electrons. The van der Waals surface area contributed by atoms with Gasteiger partial charge in [-0.1, -0.05) is 4.68 Å². The molecule has 1 aliphatic rings. The number of nitro groups is 1. The highest BCUT2D eigenvalue weighted by molar-refractivity contribution is 5.76. The number of hydrazone groups is 1. The van der Waals surface area contributed by atoms with Gasteiger partial charge in [-0.15, -0.1) is 0 Å². The van der Waals surface area contributed by atoms with E-state index in [2.05, 4.69) is 22.1 Å². The van der Waals surface area contributed by atoms with Crippen molar-refractivity contribution in [3.63, 3.8) is 0 Å². The molecule has 1 aromatic heterocycles. The third-order valence-electron chi connectivity index (χ3n) is 1.68. The van der Waals surface area contributed by atoms with Crippen LogP contribution >= 0.6 is 0 Å².